The maximum Gasteiger partial charge on any atom is 0.337 e. The molecule has 2 aliphatic heterocycles. The lowest BCUT2D eigenvalue weighted by molar-refractivity contribution is -0.710. The number of pyridine rings is 1. The average Bonchev–Trinajstić information content (AvgIpc) is 3.22. The van der Waals surface area contributed by atoms with E-state index in [9.17, 15) is 31.6 Å². The van der Waals surface area contributed by atoms with Gasteiger partial charge >= 0.3 is 5.91 Å². The zero-order valence-corrected chi connectivity index (χ0v) is 21.3. The van der Waals surface area contributed by atoms with Crippen molar-refractivity contribution in [2.24, 2.45) is 0 Å². The third kappa shape index (κ3) is 5.32. The minimum Gasteiger partial charge on any atom is -0.337 e. The molecule has 10 nitrogen and oxygen atoms in total. The van der Waals surface area contributed by atoms with Crippen LogP contribution in [-0.4, -0.2) is 62.8 Å². The van der Waals surface area contributed by atoms with Gasteiger partial charge in [0.05, 0.1) is 18.0 Å². The third-order valence-electron chi connectivity index (χ3n) is 6.58. The summed E-state index contributed by atoms with van der Waals surface area (Å²) < 4.78 is 52.8. The molecule has 0 saturated heterocycles. The number of nitrogens with zero attached hydrogens (tertiary/aromatic N) is 2. The molecule has 1 aromatic carbocycles. The van der Waals surface area contributed by atoms with Gasteiger partial charge in [-0.15, -0.1) is 0 Å². The number of aromatic nitrogens is 1. The number of rotatable bonds is 8. The van der Waals surface area contributed by atoms with E-state index < -0.39 is 69.0 Å². The van der Waals surface area contributed by atoms with E-state index in [2.05, 4.69) is 16.0 Å². The first-order valence-corrected chi connectivity index (χ1v) is 13.8. The largest absolute Gasteiger partial charge is 0.337 e. The Morgan fingerprint density at radius 2 is 1.86 bits per heavy atom. The van der Waals surface area contributed by atoms with Crippen molar-refractivity contribution in [3.05, 3.63) is 53.7 Å². The highest BCUT2D eigenvalue weighted by Crippen LogP contribution is 2.35. The molecule has 0 aliphatic carbocycles. The molecule has 2 aromatic rings. The van der Waals surface area contributed by atoms with Crippen molar-refractivity contribution in [3.63, 3.8) is 0 Å². The molecule has 4 rings (SSSR count). The van der Waals surface area contributed by atoms with Crippen molar-refractivity contribution in [2.45, 2.75) is 44.4 Å². The average molecular weight is 537 g/mol. The SMILES string of the molecule is CC(NCCS(C)(=O)=O)C(=O)NC1C(=O)N2c3c(ccc[n+]3C1C)CC2C(=O)Nc1c(F)cccc1F. The fourth-order valence-electron chi connectivity index (χ4n) is 4.60. The lowest BCUT2D eigenvalue weighted by atomic mass is 10.0. The number of carbonyl (C=O) groups excluding carboxylic acids is 3. The summed E-state index contributed by atoms with van der Waals surface area (Å²) in [6.07, 6.45) is 2.95. The lowest BCUT2D eigenvalue weighted by Gasteiger charge is -2.33. The van der Waals surface area contributed by atoms with Crippen molar-refractivity contribution in [1.82, 2.24) is 10.6 Å². The third-order valence-corrected chi connectivity index (χ3v) is 7.53. The molecule has 198 valence electrons. The van der Waals surface area contributed by atoms with Gasteiger partial charge in [-0.05, 0) is 38.1 Å². The van der Waals surface area contributed by atoms with Gasteiger partial charge in [-0.2, -0.15) is 4.90 Å². The monoisotopic (exact) mass is 536 g/mol. The fraction of sp³-hybridized carbons (Fsp3) is 0.417. The first kappa shape index (κ1) is 26.6. The molecule has 4 atom stereocenters. The second-order valence-electron chi connectivity index (χ2n) is 9.31. The van der Waals surface area contributed by atoms with Gasteiger partial charge < -0.3 is 16.0 Å². The smallest absolute Gasteiger partial charge is 0.337 e. The van der Waals surface area contributed by atoms with Crippen LogP contribution in [0.3, 0.4) is 0 Å². The van der Waals surface area contributed by atoms with Crippen molar-refractivity contribution in [2.75, 3.05) is 28.8 Å². The van der Waals surface area contributed by atoms with Crippen LogP contribution in [0.5, 0.6) is 0 Å². The van der Waals surface area contributed by atoms with Gasteiger partial charge in [0, 0.05) is 24.8 Å². The quantitative estimate of drug-likeness (QED) is 0.415. The van der Waals surface area contributed by atoms with Crippen LogP contribution >= 0.6 is 0 Å². The van der Waals surface area contributed by atoms with Crippen molar-refractivity contribution >= 4 is 39.1 Å². The topological polar surface area (TPSA) is 129 Å². The molecule has 0 bridgehead atoms. The summed E-state index contributed by atoms with van der Waals surface area (Å²) >= 11 is 0. The van der Waals surface area contributed by atoms with Gasteiger partial charge in [0.25, 0.3) is 11.7 Å². The first-order chi connectivity index (χ1) is 17.4. The zero-order valence-electron chi connectivity index (χ0n) is 20.5. The van der Waals surface area contributed by atoms with E-state index in [1.165, 1.54) is 11.0 Å². The first-order valence-electron chi connectivity index (χ1n) is 11.7. The number of benzene rings is 1. The highest BCUT2D eigenvalue weighted by Gasteiger charge is 2.55. The number of carbonyl (C=O) groups is 3. The van der Waals surface area contributed by atoms with Crippen LogP contribution in [0, 0.1) is 11.6 Å². The summed E-state index contributed by atoms with van der Waals surface area (Å²) in [6, 6.07) is 3.30. The Hall–Kier alpha value is -3.45. The van der Waals surface area contributed by atoms with E-state index in [0.717, 1.165) is 18.4 Å². The van der Waals surface area contributed by atoms with E-state index in [-0.39, 0.29) is 18.7 Å². The van der Waals surface area contributed by atoms with E-state index >= 15 is 0 Å². The molecule has 0 radical (unpaired) electrons. The van der Waals surface area contributed by atoms with Gasteiger partial charge in [0.1, 0.15) is 33.2 Å². The van der Waals surface area contributed by atoms with Crippen LogP contribution in [0.2, 0.25) is 0 Å². The second kappa shape index (κ2) is 10.1. The highest BCUT2D eigenvalue weighted by atomic mass is 32.2. The van der Waals surface area contributed by atoms with E-state index in [1.807, 2.05) is 0 Å². The molecular weight excluding hydrogens is 508 g/mol. The molecule has 0 spiro atoms. The second-order valence-corrected chi connectivity index (χ2v) is 11.6. The molecule has 13 heteroatoms. The number of sulfone groups is 1. The molecule has 3 N–H and O–H groups in total. The Morgan fingerprint density at radius 3 is 2.51 bits per heavy atom. The van der Waals surface area contributed by atoms with Crippen molar-refractivity contribution < 1.29 is 36.1 Å². The molecule has 4 unspecified atom stereocenters. The minimum absolute atomic E-state index is 0.0590. The van der Waals surface area contributed by atoms with Crippen LogP contribution in [0.4, 0.5) is 20.3 Å². The highest BCUT2D eigenvalue weighted by molar-refractivity contribution is 7.90. The fourth-order valence-corrected chi connectivity index (χ4v) is 5.09. The number of hydrogen-bond acceptors (Lipinski definition) is 6. The molecule has 3 heterocycles. The number of hydrogen-bond donors (Lipinski definition) is 3. The van der Waals surface area contributed by atoms with Gasteiger partial charge in [-0.3, -0.25) is 9.59 Å². The Kier molecular flexibility index (Phi) is 7.29. The lowest BCUT2D eigenvalue weighted by Crippen LogP contribution is -2.67. The summed E-state index contributed by atoms with van der Waals surface area (Å²) in [7, 11) is -3.21. The summed E-state index contributed by atoms with van der Waals surface area (Å²) in [6.45, 7) is 3.36. The minimum atomic E-state index is -3.21. The van der Waals surface area contributed by atoms with Gasteiger partial charge in [-0.1, -0.05) is 6.07 Å². The molecule has 3 amide bonds. The zero-order chi connectivity index (χ0) is 27.1. The van der Waals surface area contributed by atoms with Crippen LogP contribution in [0.25, 0.3) is 0 Å². The van der Waals surface area contributed by atoms with Crippen LogP contribution in [0.15, 0.2) is 36.5 Å². The number of nitrogens with one attached hydrogen (secondary N) is 3. The summed E-state index contributed by atoms with van der Waals surface area (Å²) in [5.41, 5.74) is 0.102. The number of amides is 3. The van der Waals surface area contributed by atoms with Gasteiger partial charge in [0.15, 0.2) is 12.1 Å². The molecule has 1 aromatic heterocycles. The van der Waals surface area contributed by atoms with Gasteiger partial charge in [-0.25, -0.2) is 26.6 Å². The van der Waals surface area contributed by atoms with Crippen LogP contribution < -0.4 is 25.4 Å². The normalized spacial score (nSPS) is 21.4. The Labute approximate surface area is 213 Å². The number of para-hydroxylation sites is 1. The predicted octanol–water partition coefficient (Wildman–Crippen LogP) is 0.231. The summed E-state index contributed by atoms with van der Waals surface area (Å²) in [5.74, 6) is -3.38. The molecule has 2 aliphatic rings. The van der Waals surface area contributed by atoms with Crippen molar-refractivity contribution in [1.29, 1.82) is 0 Å². The van der Waals surface area contributed by atoms with Crippen LogP contribution in [0.1, 0.15) is 25.5 Å². The van der Waals surface area contributed by atoms with E-state index in [4.69, 9.17) is 0 Å². The standard InChI is InChI=1S/C24H27F2N5O5S/c1-13(27-9-11-37(3,35)36)21(32)28-19-14(2)30-10-5-6-15-12-18(31(23(15)30)24(19)34)22(33)29-20-16(25)7-4-8-17(20)26/h4-8,10,13-14,18-19,27H,9,11-12H2,1-3H3,(H-,28,29,32,33)/p+1. The maximum absolute atomic E-state index is 14.2. The Balaban J connectivity index is 1.56. The number of halogens is 2. The molecular formula is C24H28F2N5O5S+. The summed E-state index contributed by atoms with van der Waals surface area (Å²) in [4.78, 5) is 40.9. The summed E-state index contributed by atoms with van der Waals surface area (Å²) in [5, 5.41) is 7.79. The van der Waals surface area contributed by atoms with E-state index in [1.54, 1.807) is 36.7 Å². The Bertz CT molecular complexity index is 1350. The van der Waals surface area contributed by atoms with Crippen LogP contribution in [-0.2, 0) is 30.6 Å². The van der Waals surface area contributed by atoms with Gasteiger partial charge in [0.2, 0.25) is 5.91 Å². The van der Waals surface area contributed by atoms with Crippen molar-refractivity contribution in [3.8, 4) is 0 Å². The number of anilines is 2. The Morgan fingerprint density at radius 1 is 1.19 bits per heavy atom. The predicted molar refractivity (Wildman–Crippen MR) is 130 cm³/mol. The molecule has 0 fully saturated rings. The maximum atomic E-state index is 14.2. The molecule has 37 heavy (non-hydrogen) atoms. The molecule has 0 saturated carbocycles. The van der Waals surface area contributed by atoms with E-state index in [0.29, 0.717) is 11.4 Å².